The fourth-order valence-electron chi connectivity index (χ4n) is 2.68. The fraction of sp³-hybridized carbons (Fsp3) is 0.222. The summed E-state index contributed by atoms with van der Waals surface area (Å²) in [5.74, 6) is -0.154. The summed E-state index contributed by atoms with van der Waals surface area (Å²) in [6.07, 6.45) is 0. The third kappa shape index (κ3) is 4.34. The maximum Gasteiger partial charge on any atom is 0.269 e. The number of carbonyl (C=O) groups is 1. The van der Waals surface area contributed by atoms with E-state index in [0.29, 0.717) is 16.4 Å². The molecule has 144 valence electrons. The van der Waals surface area contributed by atoms with Crippen molar-refractivity contribution in [2.45, 2.75) is 25.9 Å². The average molecular weight is 398 g/mol. The topological polar surface area (TPSA) is 116 Å². The lowest BCUT2D eigenvalue weighted by molar-refractivity contribution is -0.384. The molecule has 0 aliphatic rings. The number of thioether (sulfide) groups is 1. The Morgan fingerprint density at radius 3 is 2.64 bits per heavy atom. The van der Waals surface area contributed by atoms with Gasteiger partial charge in [0.1, 0.15) is 0 Å². The first kappa shape index (κ1) is 19.5. The van der Waals surface area contributed by atoms with Crippen LogP contribution in [0, 0.1) is 30.9 Å². The van der Waals surface area contributed by atoms with Crippen molar-refractivity contribution in [3.63, 3.8) is 0 Å². The Hall–Kier alpha value is -3.27. The Balaban J connectivity index is 1.68. The first-order chi connectivity index (χ1) is 13.3. The number of aryl methyl sites for hydroxylation is 3. The van der Waals surface area contributed by atoms with E-state index in [1.54, 1.807) is 11.6 Å². The van der Waals surface area contributed by atoms with Gasteiger partial charge in [-0.2, -0.15) is 4.68 Å². The van der Waals surface area contributed by atoms with Gasteiger partial charge in [0, 0.05) is 17.8 Å². The number of aromatic nitrogens is 4. The summed E-state index contributed by atoms with van der Waals surface area (Å²) < 4.78 is 1.60. The number of amides is 1. The minimum absolute atomic E-state index is 0.0162. The van der Waals surface area contributed by atoms with Gasteiger partial charge in [0.05, 0.1) is 16.4 Å². The Morgan fingerprint density at radius 1 is 1.18 bits per heavy atom. The molecule has 9 nitrogen and oxygen atoms in total. The number of nitro groups is 1. The molecule has 0 bridgehead atoms. The zero-order valence-corrected chi connectivity index (χ0v) is 16.4. The van der Waals surface area contributed by atoms with Gasteiger partial charge < -0.3 is 5.32 Å². The predicted molar refractivity (Wildman–Crippen MR) is 106 cm³/mol. The van der Waals surface area contributed by atoms with Crippen LogP contribution in [0.2, 0.25) is 0 Å². The largest absolute Gasteiger partial charge is 0.325 e. The molecule has 3 rings (SSSR count). The fourth-order valence-corrected chi connectivity index (χ4v) is 3.36. The van der Waals surface area contributed by atoms with Crippen molar-refractivity contribution < 1.29 is 9.72 Å². The van der Waals surface area contributed by atoms with E-state index >= 15 is 0 Å². The van der Waals surface area contributed by atoms with Crippen molar-refractivity contribution in [2.75, 3.05) is 11.1 Å². The molecule has 1 amide bonds. The number of rotatable bonds is 6. The molecular weight excluding hydrogens is 380 g/mol. The number of nitrogens with one attached hydrogen (secondary N) is 1. The maximum atomic E-state index is 12.3. The van der Waals surface area contributed by atoms with E-state index in [9.17, 15) is 14.9 Å². The lowest BCUT2D eigenvalue weighted by Crippen LogP contribution is -2.15. The van der Waals surface area contributed by atoms with Crippen molar-refractivity contribution >= 4 is 29.0 Å². The molecule has 0 unspecified atom stereocenters. The summed E-state index contributed by atoms with van der Waals surface area (Å²) in [6.45, 7) is 5.69. The quantitative estimate of drug-likeness (QED) is 0.385. The monoisotopic (exact) mass is 398 g/mol. The first-order valence-corrected chi connectivity index (χ1v) is 9.37. The first-order valence-electron chi connectivity index (χ1n) is 8.39. The third-order valence-electron chi connectivity index (χ3n) is 4.05. The minimum atomic E-state index is -0.471. The zero-order valence-electron chi connectivity index (χ0n) is 15.5. The van der Waals surface area contributed by atoms with Crippen molar-refractivity contribution in [2.24, 2.45) is 0 Å². The molecule has 28 heavy (non-hydrogen) atoms. The number of hydrogen-bond acceptors (Lipinski definition) is 7. The summed E-state index contributed by atoms with van der Waals surface area (Å²) in [5.41, 5.74) is 4.15. The molecule has 1 aromatic heterocycles. The molecule has 3 aromatic rings. The number of anilines is 1. The van der Waals surface area contributed by atoms with Gasteiger partial charge in [-0.15, -0.1) is 5.10 Å². The van der Waals surface area contributed by atoms with E-state index in [0.717, 1.165) is 16.8 Å². The van der Waals surface area contributed by atoms with Crippen LogP contribution in [0.3, 0.4) is 0 Å². The SMILES string of the molecule is Cc1ccc(-n2nnnc2SCC(=O)Nc2ccc([N+](=O)[O-])cc2C)c(C)c1. The molecule has 0 spiro atoms. The van der Waals surface area contributed by atoms with Crippen molar-refractivity contribution in [1.29, 1.82) is 0 Å². The Kier molecular flexibility index (Phi) is 5.69. The summed E-state index contributed by atoms with van der Waals surface area (Å²) in [6, 6.07) is 10.2. The van der Waals surface area contributed by atoms with Gasteiger partial charge in [-0.05, 0) is 54.5 Å². The average Bonchev–Trinajstić information content (AvgIpc) is 3.10. The highest BCUT2D eigenvalue weighted by Crippen LogP contribution is 2.23. The Bertz CT molecular complexity index is 1050. The number of tetrazole rings is 1. The molecule has 0 saturated carbocycles. The van der Waals surface area contributed by atoms with Gasteiger partial charge in [-0.3, -0.25) is 14.9 Å². The van der Waals surface area contributed by atoms with Crippen molar-refractivity contribution in [3.8, 4) is 5.69 Å². The van der Waals surface area contributed by atoms with E-state index in [2.05, 4.69) is 20.8 Å². The highest BCUT2D eigenvalue weighted by atomic mass is 32.2. The summed E-state index contributed by atoms with van der Waals surface area (Å²) in [5, 5.41) is 25.8. The van der Waals surface area contributed by atoms with Crippen LogP contribution in [0.1, 0.15) is 16.7 Å². The van der Waals surface area contributed by atoms with Gasteiger partial charge in [0.15, 0.2) is 0 Å². The normalized spacial score (nSPS) is 10.7. The van der Waals surface area contributed by atoms with Crippen LogP contribution >= 0.6 is 11.8 Å². The lowest BCUT2D eigenvalue weighted by atomic mass is 10.1. The number of nitrogens with zero attached hydrogens (tertiary/aromatic N) is 5. The molecule has 1 heterocycles. The summed E-state index contributed by atoms with van der Waals surface area (Å²) >= 11 is 1.21. The molecular formula is C18H18N6O3S. The molecule has 10 heteroatoms. The second kappa shape index (κ2) is 8.17. The van der Waals surface area contributed by atoms with Gasteiger partial charge in [0.2, 0.25) is 11.1 Å². The number of non-ortho nitro benzene ring substituents is 1. The van der Waals surface area contributed by atoms with Crippen LogP contribution in [0.25, 0.3) is 5.69 Å². The van der Waals surface area contributed by atoms with E-state index in [1.165, 1.54) is 30.0 Å². The highest BCUT2D eigenvalue weighted by Gasteiger charge is 2.14. The smallest absolute Gasteiger partial charge is 0.269 e. The molecule has 0 saturated heterocycles. The van der Waals surface area contributed by atoms with Crippen LogP contribution in [0.5, 0.6) is 0 Å². The molecule has 0 aliphatic carbocycles. The molecule has 0 aliphatic heterocycles. The van der Waals surface area contributed by atoms with Crippen molar-refractivity contribution in [1.82, 2.24) is 20.2 Å². The minimum Gasteiger partial charge on any atom is -0.325 e. The maximum absolute atomic E-state index is 12.3. The number of benzene rings is 2. The molecule has 0 fully saturated rings. The van der Waals surface area contributed by atoms with Crippen LogP contribution in [0.4, 0.5) is 11.4 Å². The second-order valence-electron chi connectivity index (χ2n) is 6.26. The van der Waals surface area contributed by atoms with Gasteiger partial charge in [-0.25, -0.2) is 0 Å². The number of carbonyl (C=O) groups excluding carboxylic acids is 1. The molecule has 2 aromatic carbocycles. The number of hydrogen-bond donors (Lipinski definition) is 1. The van der Waals surface area contributed by atoms with Gasteiger partial charge >= 0.3 is 0 Å². The Morgan fingerprint density at radius 2 is 1.96 bits per heavy atom. The van der Waals surface area contributed by atoms with E-state index in [1.807, 2.05) is 32.0 Å². The second-order valence-corrected chi connectivity index (χ2v) is 7.20. The molecule has 0 radical (unpaired) electrons. The number of nitro benzene ring substituents is 1. The third-order valence-corrected chi connectivity index (χ3v) is 4.97. The lowest BCUT2D eigenvalue weighted by Gasteiger charge is -2.09. The predicted octanol–water partition coefficient (Wildman–Crippen LogP) is 3.23. The van der Waals surface area contributed by atoms with E-state index < -0.39 is 4.92 Å². The van der Waals surface area contributed by atoms with Gasteiger partial charge in [-0.1, -0.05) is 29.5 Å². The standard InChI is InChI=1S/C18H18N6O3S/c1-11-4-7-16(13(3)8-11)23-18(20-21-22-23)28-10-17(25)19-15-6-5-14(24(26)27)9-12(15)2/h4-9H,10H2,1-3H3,(H,19,25). The van der Waals surface area contributed by atoms with E-state index in [4.69, 9.17) is 0 Å². The van der Waals surface area contributed by atoms with Crippen LogP contribution < -0.4 is 5.32 Å². The van der Waals surface area contributed by atoms with Crippen LogP contribution in [-0.2, 0) is 4.79 Å². The zero-order chi connectivity index (χ0) is 20.3. The highest BCUT2D eigenvalue weighted by molar-refractivity contribution is 7.99. The summed E-state index contributed by atoms with van der Waals surface area (Å²) in [7, 11) is 0. The Labute approximate surface area is 165 Å². The van der Waals surface area contributed by atoms with Gasteiger partial charge in [0.25, 0.3) is 5.69 Å². The molecule has 1 N–H and O–H groups in total. The van der Waals surface area contributed by atoms with Crippen LogP contribution in [0.15, 0.2) is 41.6 Å². The van der Waals surface area contributed by atoms with Crippen LogP contribution in [-0.4, -0.2) is 36.8 Å². The van der Waals surface area contributed by atoms with Crippen molar-refractivity contribution in [3.05, 3.63) is 63.2 Å². The van der Waals surface area contributed by atoms with E-state index in [-0.39, 0.29) is 17.3 Å². The summed E-state index contributed by atoms with van der Waals surface area (Å²) in [4.78, 5) is 22.6. The molecule has 0 atom stereocenters.